The van der Waals surface area contributed by atoms with Gasteiger partial charge in [-0.15, -0.1) is 0 Å². The maximum Gasteiger partial charge on any atom is 0.449 e. The quantitative estimate of drug-likeness (QED) is 0.719. The highest BCUT2D eigenvalue weighted by Crippen LogP contribution is 2.31. The summed E-state index contributed by atoms with van der Waals surface area (Å²) in [6.45, 7) is 0.694. The lowest BCUT2D eigenvalue weighted by Gasteiger charge is -2.22. The molecular formula is C18H21F3N4O4S. The Morgan fingerprint density at radius 2 is 2.00 bits per heavy atom. The second-order valence-electron chi connectivity index (χ2n) is 7.08. The molecule has 0 unspecified atom stereocenters. The van der Waals surface area contributed by atoms with E-state index >= 15 is 0 Å². The largest absolute Gasteiger partial charge is 0.449 e. The minimum atomic E-state index is -4.75. The molecule has 1 aromatic carbocycles. The fourth-order valence-corrected chi connectivity index (χ4v) is 5.09. The molecule has 0 spiro atoms. The number of imidazole rings is 1. The summed E-state index contributed by atoms with van der Waals surface area (Å²) in [5.74, 6) is -2.59. The third kappa shape index (κ3) is 4.91. The van der Waals surface area contributed by atoms with E-state index in [1.807, 2.05) is 0 Å². The van der Waals surface area contributed by atoms with Gasteiger partial charge >= 0.3 is 6.18 Å². The number of rotatable bonds is 6. The molecule has 1 aromatic heterocycles. The molecule has 1 saturated heterocycles. The SMILES string of the molecule is CCN(CC(=O)N[C@@H]1CCS(=O)(=O)C1)C(=O)Cn1c(C(F)(F)F)nc2ccccc21. The van der Waals surface area contributed by atoms with E-state index < -0.39 is 46.2 Å². The zero-order chi connectivity index (χ0) is 22.1. The molecule has 2 aromatic rings. The van der Waals surface area contributed by atoms with Gasteiger partial charge in [0.1, 0.15) is 6.54 Å². The number of carbonyl (C=O) groups is 2. The summed E-state index contributed by atoms with van der Waals surface area (Å²) in [5, 5.41) is 2.57. The number of aromatic nitrogens is 2. The highest BCUT2D eigenvalue weighted by molar-refractivity contribution is 7.91. The predicted molar refractivity (Wildman–Crippen MR) is 102 cm³/mol. The number of benzene rings is 1. The molecule has 1 atom stereocenters. The lowest BCUT2D eigenvalue weighted by molar-refractivity contribution is -0.148. The van der Waals surface area contributed by atoms with Gasteiger partial charge in [-0.05, 0) is 25.5 Å². The topological polar surface area (TPSA) is 101 Å². The van der Waals surface area contributed by atoms with Gasteiger partial charge in [0.15, 0.2) is 9.84 Å². The molecule has 1 aliphatic heterocycles. The molecule has 164 valence electrons. The molecular weight excluding hydrogens is 425 g/mol. The Morgan fingerprint density at radius 3 is 2.60 bits per heavy atom. The average Bonchev–Trinajstić information content (AvgIpc) is 3.19. The van der Waals surface area contributed by atoms with Crippen LogP contribution in [0.5, 0.6) is 0 Å². The number of carbonyl (C=O) groups excluding carboxylic acids is 2. The molecule has 0 saturated carbocycles. The predicted octanol–water partition coefficient (Wildman–Crippen LogP) is 1.21. The molecule has 0 aliphatic carbocycles. The zero-order valence-electron chi connectivity index (χ0n) is 16.1. The summed E-state index contributed by atoms with van der Waals surface area (Å²) in [6, 6.07) is 5.44. The number of likely N-dealkylation sites (N-methyl/N-ethyl adjacent to an activating group) is 1. The van der Waals surface area contributed by atoms with E-state index in [1.54, 1.807) is 19.1 Å². The van der Waals surface area contributed by atoms with Crippen molar-refractivity contribution in [1.29, 1.82) is 0 Å². The summed E-state index contributed by atoms with van der Waals surface area (Å²) in [4.78, 5) is 29.6. The number of hydrogen-bond acceptors (Lipinski definition) is 5. The van der Waals surface area contributed by atoms with E-state index in [1.165, 1.54) is 12.1 Å². The summed E-state index contributed by atoms with van der Waals surface area (Å²) < 4.78 is 64.0. The standard InChI is InChI=1S/C18H21F3N4O4S/c1-2-24(9-15(26)22-12-7-8-30(28,29)11-12)16(27)10-25-14-6-4-3-5-13(14)23-17(25)18(19,20)21/h3-6,12H,2,7-11H2,1H3,(H,22,26)/t12-/m1/s1. The van der Waals surface area contributed by atoms with Crippen LogP contribution in [0.25, 0.3) is 11.0 Å². The van der Waals surface area contributed by atoms with Crippen LogP contribution in [0.1, 0.15) is 19.2 Å². The zero-order valence-corrected chi connectivity index (χ0v) is 17.0. The van der Waals surface area contributed by atoms with Crippen LogP contribution in [-0.4, -0.2) is 65.3 Å². The van der Waals surface area contributed by atoms with Gasteiger partial charge in [0, 0.05) is 12.6 Å². The second kappa shape index (κ2) is 8.25. The number of para-hydroxylation sites is 2. The highest BCUT2D eigenvalue weighted by atomic mass is 32.2. The number of nitrogens with zero attached hydrogens (tertiary/aromatic N) is 3. The number of hydrogen-bond donors (Lipinski definition) is 1. The average molecular weight is 446 g/mol. The fourth-order valence-electron chi connectivity index (χ4n) is 3.42. The fraction of sp³-hybridized carbons (Fsp3) is 0.500. The van der Waals surface area contributed by atoms with Crippen LogP contribution in [0.3, 0.4) is 0 Å². The molecule has 1 aliphatic rings. The molecule has 2 amide bonds. The monoisotopic (exact) mass is 446 g/mol. The summed E-state index contributed by atoms with van der Waals surface area (Å²) in [6.07, 6.45) is -4.45. The molecule has 3 rings (SSSR count). The molecule has 1 N–H and O–H groups in total. The summed E-state index contributed by atoms with van der Waals surface area (Å²) >= 11 is 0. The van der Waals surface area contributed by atoms with Gasteiger partial charge in [-0.25, -0.2) is 13.4 Å². The summed E-state index contributed by atoms with van der Waals surface area (Å²) in [5.41, 5.74) is 0.274. The van der Waals surface area contributed by atoms with Gasteiger partial charge < -0.3 is 14.8 Å². The third-order valence-electron chi connectivity index (χ3n) is 4.87. The van der Waals surface area contributed by atoms with Crippen molar-refractivity contribution in [2.45, 2.75) is 32.1 Å². The van der Waals surface area contributed by atoms with Gasteiger partial charge in [-0.3, -0.25) is 9.59 Å². The van der Waals surface area contributed by atoms with E-state index in [9.17, 15) is 31.2 Å². The smallest absolute Gasteiger partial charge is 0.351 e. The lowest BCUT2D eigenvalue weighted by atomic mass is 10.2. The number of halogens is 3. The first-order chi connectivity index (χ1) is 14.0. The molecule has 0 bridgehead atoms. The van der Waals surface area contributed by atoms with Gasteiger partial charge in [0.05, 0.1) is 29.1 Å². The Morgan fingerprint density at radius 1 is 1.30 bits per heavy atom. The number of sulfone groups is 1. The molecule has 8 nitrogen and oxygen atoms in total. The Kier molecular flexibility index (Phi) is 6.06. The maximum atomic E-state index is 13.4. The van der Waals surface area contributed by atoms with Gasteiger partial charge in [-0.1, -0.05) is 12.1 Å². The van der Waals surface area contributed by atoms with Crippen LogP contribution < -0.4 is 5.32 Å². The van der Waals surface area contributed by atoms with Crippen molar-refractivity contribution in [1.82, 2.24) is 19.8 Å². The Balaban J connectivity index is 1.73. The van der Waals surface area contributed by atoms with Gasteiger partial charge in [-0.2, -0.15) is 13.2 Å². The minimum Gasteiger partial charge on any atom is -0.351 e. The first-order valence-corrected chi connectivity index (χ1v) is 11.1. The summed E-state index contributed by atoms with van der Waals surface area (Å²) in [7, 11) is -3.18. The first kappa shape index (κ1) is 22.1. The third-order valence-corrected chi connectivity index (χ3v) is 6.64. The Labute approximate surface area is 171 Å². The van der Waals surface area contributed by atoms with Crippen LogP contribution in [0, 0.1) is 0 Å². The van der Waals surface area contributed by atoms with Crippen LogP contribution in [0.15, 0.2) is 24.3 Å². The van der Waals surface area contributed by atoms with Gasteiger partial charge in [0.25, 0.3) is 0 Å². The molecule has 0 radical (unpaired) electrons. The Bertz CT molecular complexity index is 1070. The van der Waals surface area contributed by atoms with Gasteiger partial charge in [0.2, 0.25) is 17.6 Å². The maximum absolute atomic E-state index is 13.4. The van der Waals surface area contributed by atoms with E-state index in [4.69, 9.17) is 0 Å². The van der Waals surface area contributed by atoms with Crippen molar-refractivity contribution in [3.8, 4) is 0 Å². The van der Waals surface area contributed by atoms with Crippen molar-refractivity contribution in [3.63, 3.8) is 0 Å². The van der Waals surface area contributed by atoms with Crippen molar-refractivity contribution >= 4 is 32.7 Å². The molecule has 12 heteroatoms. The van der Waals surface area contributed by atoms with Crippen LogP contribution in [-0.2, 0) is 32.1 Å². The number of alkyl halides is 3. The second-order valence-corrected chi connectivity index (χ2v) is 9.31. The number of amides is 2. The van der Waals surface area contributed by atoms with Crippen molar-refractivity contribution in [2.24, 2.45) is 0 Å². The van der Waals surface area contributed by atoms with Crippen LogP contribution in [0.2, 0.25) is 0 Å². The minimum absolute atomic E-state index is 0.0116. The van der Waals surface area contributed by atoms with Crippen molar-refractivity contribution in [3.05, 3.63) is 30.1 Å². The molecule has 1 fully saturated rings. The lowest BCUT2D eigenvalue weighted by Crippen LogP contribution is -2.45. The van der Waals surface area contributed by atoms with E-state index in [0.29, 0.717) is 6.42 Å². The normalized spacial score (nSPS) is 18.5. The van der Waals surface area contributed by atoms with Crippen molar-refractivity contribution < 1.29 is 31.2 Å². The van der Waals surface area contributed by atoms with E-state index in [0.717, 1.165) is 9.47 Å². The van der Waals surface area contributed by atoms with E-state index in [-0.39, 0.29) is 35.6 Å². The highest BCUT2D eigenvalue weighted by Gasteiger charge is 2.38. The van der Waals surface area contributed by atoms with E-state index in [2.05, 4.69) is 10.3 Å². The molecule has 2 heterocycles. The molecule has 30 heavy (non-hydrogen) atoms. The van der Waals surface area contributed by atoms with Crippen molar-refractivity contribution in [2.75, 3.05) is 24.6 Å². The number of fused-ring (bicyclic) bond motifs is 1. The first-order valence-electron chi connectivity index (χ1n) is 9.30. The van der Waals surface area contributed by atoms with Crippen LogP contribution in [0.4, 0.5) is 13.2 Å². The Hall–Kier alpha value is -2.63. The van der Waals surface area contributed by atoms with Crippen LogP contribution >= 0.6 is 0 Å². The number of nitrogens with one attached hydrogen (secondary N) is 1.